The number of carbonyl (C=O) groups is 1. The predicted octanol–water partition coefficient (Wildman–Crippen LogP) is 0.393. The van der Waals surface area contributed by atoms with Crippen molar-refractivity contribution >= 4 is 5.91 Å². The van der Waals surface area contributed by atoms with Crippen molar-refractivity contribution in [1.82, 2.24) is 15.1 Å². The molecule has 0 fully saturated rings. The lowest BCUT2D eigenvalue weighted by atomic mass is 10.3. The van der Waals surface area contributed by atoms with E-state index in [1.54, 1.807) is 4.90 Å². The first-order valence-electron chi connectivity index (χ1n) is 5.49. The molecule has 0 aliphatic heterocycles. The van der Waals surface area contributed by atoms with Gasteiger partial charge in [0.2, 0.25) is 5.91 Å². The molecule has 15 heavy (non-hydrogen) atoms. The fourth-order valence-corrected chi connectivity index (χ4v) is 0.983. The lowest BCUT2D eigenvalue weighted by molar-refractivity contribution is -0.130. The topological polar surface area (TPSA) is 35.6 Å². The zero-order chi connectivity index (χ0) is 12.0. The monoisotopic (exact) mass is 215 g/mol. The molecule has 0 heterocycles. The van der Waals surface area contributed by atoms with Gasteiger partial charge in [-0.05, 0) is 34.9 Å². The smallest absolute Gasteiger partial charge is 0.236 e. The molecule has 1 unspecified atom stereocenters. The van der Waals surface area contributed by atoms with Gasteiger partial charge in [-0.25, -0.2) is 0 Å². The SMILES string of the molecule is CC(CNCC(=O)N(C)C(C)C)N(C)C. The van der Waals surface area contributed by atoms with Crippen LogP contribution in [0.5, 0.6) is 0 Å². The van der Waals surface area contributed by atoms with Crippen molar-refractivity contribution in [3.8, 4) is 0 Å². The average Bonchev–Trinajstić information content (AvgIpc) is 2.15. The highest BCUT2D eigenvalue weighted by Crippen LogP contribution is 1.93. The van der Waals surface area contributed by atoms with Crippen LogP contribution in [0.3, 0.4) is 0 Å². The van der Waals surface area contributed by atoms with E-state index < -0.39 is 0 Å². The first-order chi connectivity index (χ1) is 6.86. The second-order valence-electron chi connectivity index (χ2n) is 4.54. The molecule has 0 bridgehead atoms. The van der Waals surface area contributed by atoms with E-state index in [4.69, 9.17) is 0 Å². The minimum atomic E-state index is 0.149. The van der Waals surface area contributed by atoms with Crippen molar-refractivity contribution < 1.29 is 4.79 Å². The van der Waals surface area contributed by atoms with Gasteiger partial charge in [0.25, 0.3) is 0 Å². The Morgan fingerprint density at radius 2 is 1.73 bits per heavy atom. The molecule has 0 radical (unpaired) electrons. The van der Waals surface area contributed by atoms with Crippen LogP contribution in [0.2, 0.25) is 0 Å². The van der Waals surface area contributed by atoms with Crippen molar-refractivity contribution in [2.45, 2.75) is 32.9 Å². The van der Waals surface area contributed by atoms with Crippen molar-refractivity contribution in [1.29, 1.82) is 0 Å². The van der Waals surface area contributed by atoms with Crippen molar-refractivity contribution in [3.05, 3.63) is 0 Å². The van der Waals surface area contributed by atoms with E-state index in [2.05, 4.69) is 17.1 Å². The fraction of sp³-hybridized carbons (Fsp3) is 0.909. The molecular weight excluding hydrogens is 190 g/mol. The van der Waals surface area contributed by atoms with Crippen molar-refractivity contribution in [2.24, 2.45) is 0 Å². The first kappa shape index (κ1) is 14.4. The number of hydrogen-bond donors (Lipinski definition) is 1. The molecule has 1 amide bonds. The normalized spacial score (nSPS) is 13.3. The standard InChI is InChI=1S/C11H25N3O/c1-9(2)14(6)11(15)8-12-7-10(3)13(4)5/h9-10,12H,7-8H2,1-6H3. The number of nitrogens with zero attached hydrogens (tertiary/aromatic N) is 2. The van der Waals surface area contributed by atoms with Gasteiger partial charge >= 0.3 is 0 Å². The van der Waals surface area contributed by atoms with Gasteiger partial charge in [-0.2, -0.15) is 0 Å². The number of nitrogens with one attached hydrogen (secondary N) is 1. The van der Waals surface area contributed by atoms with Gasteiger partial charge in [0.05, 0.1) is 6.54 Å². The van der Waals surface area contributed by atoms with Gasteiger partial charge in [0.1, 0.15) is 0 Å². The van der Waals surface area contributed by atoms with E-state index >= 15 is 0 Å². The first-order valence-corrected chi connectivity index (χ1v) is 5.49. The molecule has 0 spiro atoms. The summed E-state index contributed by atoms with van der Waals surface area (Å²) in [4.78, 5) is 15.5. The molecule has 4 heteroatoms. The second-order valence-corrected chi connectivity index (χ2v) is 4.54. The third kappa shape index (κ3) is 5.74. The lowest BCUT2D eigenvalue weighted by Crippen LogP contribution is -2.43. The van der Waals surface area contributed by atoms with Crippen LogP contribution in [0.1, 0.15) is 20.8 Å². The summed E-state index contributed by atoms with van der Waals surface area (Å²) in [6.45, 7) is 7.42. The maximum Gasteiger partial charge on any atom is 0.236 e. The van der Waals surface area contributed by atoms with Gasteiger partial charge in [-0.1, -0.05) is 0 Å². The van der Waals surface area contributed by atoms with Crippen LogP contribution in [-0.2, 0) is 4.79 Å². The number of likely N-dealkylation sites (N-methyl/N-ethyl adjacent to an activating group) is 2. The Kier molecular flexibility index (Phi) is 6.52. The molecule has 0 rings (SSSR count). The molecule has 0 aromatic heterocycles. The molecule has 0 aromatic carbocycles. The minimum Gasteiger partial charge on any atom is -0.342 e. The third-order valence-electron chi connectivity index (χ3n) is 2.77. The number of carbonyl (C=O) groups excluding carboxylic acids is 1. The number of amides is 1. The quantitative estimate of drug-likeness (QED) is 0.696. The highest BCUT2D eigenvalue weighted by Gasteiger charge is 2.11. The Morgan fingerprint density at radius 1 is 1.20 bits per heavy atom. The van der Waals surface area contributed by atoms with Crippen LogP contribution in [0.4, 0.5) is 0 Å². The van der Waals surface area contributed by atoms with Gasteiger partial charge < -0.3 is 15.1 Å². The summed E-state index contributed by atoms with van der Waals surface area (Å²) >= 11 is 0. The van der Waals surface area contributed by atoms with Gasteiger partial charge in [-0.3, -0.25) is 4.79 Å². The molecule has 0 saturated carbocycles. The van der Waals surface area contributed by atoms with E-state index in [-0.39, 0.29) is 11.9 Å². The van der Waals surface area contributed by atoms with Crippen LogP contribution >= 0.6 is 0 Å². The van der Waals surface area contributed by atoms with Gasteiger partial charge in [-0.15, -0.1) is 0 Å². The molecule has 1 atom stereocenters. The molecule has 90 valence electrons. The van der Waals surface area contributed by atoms with Gasteiger partial charge in [0.15, 0.2) is 0 Å². The van der Waals surface area contributed by atoms with Crippen LogP contribution in [-0.4, -0.2) is 62.0 Å². The summed E-state index contributed by atoms with van der Waals surface area (Å²) in [7, 11) is 5.91. The van der Waals surface area contributed by atoms with Crippen LogP contribution in [0.25, 0.3) is 0 Å². The Labute approximate surface area is 93.6 Å². The second kappa shape index (κ2) is 6.80. The Morgan fingerprint density at radius 3 is 2.13 bits per heavy atom. The number of hydrogen-bond acceptors (Lipinski definition) is 3. The maximum absolute atomic E-state index is 11.6. The van der Waals surface area contributed by atoms with Crippen molar-refractivity contribution in [3.63, 3.8) is 0 Å². The summed E-state index contributed by atoms with van der Waals surface area (Å²) in [5.74, 6) is 0.149. The summed E-state index contributed by atoms with van der Waals surface area (Å²) in [5, 5.41) is 3.17. The molecule has 1 N–H and O–H groups in total. The molecular formula is C11H25N3O. The molecule has 0 aromatic rings. The highest BCUT2D eigenvalue weighted by molar-refractivity contribution is 5.78. The van der Waals surface area contributed by atoms with Gasteiger partial charge in [0, 0.05) is 25.7 Å². The molecule has 0 aliphatic rings. The Balaban J connectivity index is 3.73. The van der Waals surface area contributed by atoms with Crippen LogP contribution < -0.4 is 5.32 Å². The minimum absolute atomic E-state index is 0.149. The molecule has 4 nitrogen and oxygen atoms in total. The van der Waals surface area contributed by atoms with E-state index in [9.17, 15) is 4.79 Å². The predicted molar refractivity (Wildman–Crippen MR) is 63.9 cm³/mol. The average molecular weight is 215 g/mol. The van der Waals surface area contributed by atoms with E-state index in [1.165, 1.54) is 0 Å². The summed E-state index contributed by atoms with van der Waals surface area (Å²) in [6, 6.07) is 0.715. The summed E-state index contributed by atoms with van der Waals surface area (Å²) in [6.07, 6.45) is 0. The largest absolute Gasteiger partial charge is 0.342 e. The van der Waals surface area contributed by atoms with E-state index in [1.807, 2.05) is 35.0 Å². The van der Waals surface area contributed by atoms with Crippen LogP contribution in [0.15, 0.2) is 0 Å². The zero-order valence-corrected chi connectivity index (χ0v) is 10.9. The Bertz CT molecular complexity index is 192. The summed E-state index contributed by atoms with van der Waals surface area (Å²) in [5.41, 5.74) is 0. The zero-order valence-electron chi connectivity index (χ0n) is 10.9. The number of rotatable bonds is 6. The highest BCUT2D eigenvalue weighted by atomic mass is 16.2. The van der Waals surface area contributed by atoms with E-state index in [0.29, 0.717) is 12.6 Å². The fourth-order valence-electron chi connectivity index (χ4n) is 0.983. The van der Waals surface area contributed by atoms with Crippen LogP contribution in [0, 0.1) is 0 Å². The van der Waals surface area contributed by atoms with Crippen molar-refractivity contribution in [2.75, 3.05) is 34.2 Å². The molecule has 0 aliphatic carbocycles. The van der Waals surface area contributed by atoms with E-state index in [0.717, 1.165) is 6.54 Å². The maximum atomic E-state index is 11.6. The summed E-state index contributed by atoms with van der Waals surface area (Å²) < 4.78 is 0. The Hall–Kier alpha value is -0.610. The lowest BCUT2D eigenvalue weighted by Gasteiger charge is -2.23. The molecule has 0 saturated heterocycles. The third-order valence-corrected chi connectivity index (χ3v) is 2.77.